The number of aliphatic carboxylic acids is 1. The predicted molar refractivity (Wildman–Crippen MR) is 69.5 cm³/mol. The molecule has 0 heterocycles. The first-order valence-electron chi connectivity index (χ1n) is 5.62. The third-order valence-electron chi connectivity index (χ3n) is 2.58. The average Bonchev–Trinajstić information content (AvgIpc) is 2.23. The fourth-order valence-corrected chi connectivity index (χ4v) is 2.85. The molecule has 0 bridgehead atoms. The zero-order valence-corrected chi connectivity index (χ0v) is 11.0. The summed E-state index contributed by atoms with van der Waals surface area (Å²) in [4.78, 5) is 10.3. The number of hydrogen-bond donors (Lipinski definition) is 1. The Morgan fingerprint density at radius 1 is 1.35 bits per heavy atom. The summed E-state index contributed by atoms with van der Waals surface area (Å²) in [5.74, 6) is 0.154. The van der Waals surface area contributed by atoms with Gasteiger partial charge in [-0.25, -0.2) is 0 Å². The van der Waals surface area contributed by atoms with Gasteiger partial charge in [0.25, 0.3) is 0 Å². The van der Waals surface area contributed by atoms with Crippen LogP contribution in [0, 0.1) is 13.8 Å². The molecule has 0 fully saturated rings. The molecule has 1 atom stereocenters. The molecular weight excluding hydrogens is 236 g/mol. The lowest BCUT2D eigenvalue weighted by Gasteiger charge is -2.06. The highest BCUT2D eigenvalue weighted by molar-refractivity contribution is 7.84. The van der Waals surface area contributed by atoms with E-state index in [0.717, 1.165) is 16.7 Å². The van der Waals surface area contributed by atoms with Gasteiger partial charge in [0.05, 0.1) is 0 Å². The van der Waals surface area contributed by atoms with Crippen molar-refractivity contribution in [3.8, 4) is 0 Å². The van der Waals surface area contributed by atoms with E-state index in [1.54, 1.807) is 0 Å². The highest BCUT2D eigenvalue weighted by Crippen LogP contribution is 2.13. The second-order valence-corrected chi connectivity index (χ2v) is 5.79. The van der Waals surface area contributed by atoms with Crippen LogP contribution >= 0.6 is 0 Å². The lowest BCUT2D eigenvalue weighted by Crippen LogP contribution is -2.05. The molecule has 1 rings (SSSR count). The molecule has 0 radical (unpaired) electrons. The summed E-state index contributed by atoms with van der Waals surface area (Å²) < 4.78 is 11.8. The third-order valence-corrected chi connectivity index (χ3v) is 3.96. The Bertz CT molecular complexity index is 427. The van der Waals surface area contributed by atoms with Crippen molar-refractivity contribution in [2.45, 2.75) is 32.4 Å². The molecule has 94 valence electrons. The maximum Gasteiger partial charge on any atom is 0.303 e. The van der Waals surface area contributed by atoms with Gasteiger partial charge in [-0.3, -0.25) is 9.00 Å². The van der Waals surface area contributed by atoms with Crippen molar-refractivity contribution in [1.29, 1.82) is 0 Å². The van der Waals surface area contributed by atoms with E-state index < -0.39 is 16.8 Å². The molecule has 0 aliphatic carbocycles. The Labute approximate surface area is 104 Å². The Balaban J connectivity index is 2.50. The van der Waals surface area contributed by atoms with E-state index in [4.69, 9.17) is 5.11 Å². The zero-order valence-electron chi connectivity index (χ0n) is 10.2. The predicted octanol–water partition coefficient (Wildman–Crippen LogP) is 2.42. The lowest BCUT2D eigenvalue weighted by molar-refractivity contribution is -0.137. The van der Waals surface area contributed by atoms with Crippen molar-refractivity contribution in [3.05, 3.63) is 34.9 Å². The van der Waals surface area contributed by atoms with Crippen LogP contribution in [0.4, 0.5) is 0 Å². The number of carbonyl (C=O) groups is 1. The average molecular weight is 254 g/mol. The fraction of sp³-hybridized carbons (Fsp3) is 0.462. The second kappa shape index (κ2) is 6.55. The molecule has 0 amide bonds. The van der Waals surface area contributed by atoms with Crippen LogP contribution in [0.15, 0.2) is 18.2 Å². The topological polar surface area (TPSA) is 54.4 Å². The minimum atomic E-state index is -0.969. The maximum atomic E-state index is 11.8. The van der Waals surface area contributed by atoms with Crippen LogP contribution in [-0.4, -0.2) is 21.0 Å². The van der Waals surface area contributed by atoms with E-state index in [9.17, 15) is 9.00 Å². The van der Waals surface area contributed by atoms with Gasteiger partial charge < -0.3 is 5.11 Å². The molecule has 0 spiro atoms. The van der Waals surface area contributed by atoms with Crippen molar-refractivity contribution < 1.29 is 14.1 Å². The van der Waals surface area contributed by atoms with E-state index in [1.807, 2.05) is 32.0 Å². The maximum absolute atomic E-state index is 11.8. The van der Waals surface area contributed by atoms with Crippen molar-refractivity contribution in [3.63, 3.8) is 0 Å². The van der Waals surface area contributed by atoms with Gasteiger partial charge in [0.1, 0.15) is 0 Å². The highest BCUT2D eigenvalue weighted by Gasteiger charge is 2.06. The Kier molecular flexibility index (Phi) is 5.35. The van der Waals surface area contributed by atoms with E-state index in [2.05, 4.69) is 0 Å². The molecule has 1 aromatic rings. The summed E-state index contributed by atoms with van der Waals surface area (Å²) in [6, 6.07) is 6.11. The van der Waals surface area contributed by atoms with E-state index in [0.29, 0.717) is 17.9 Å². The number of hydrogen-bond acceptors (Lipinski definition) is 2. The number of carboxylic acid groups (broad SMARTS) is 1. The highest BCUT2D eigenvalue weighted by atomic mass is 32.2. The molecule has 0 aliphatic rings. The summed E-state index contributed by atoms with van der Waals surface area (Å²) in [5.41, 5.74) is 3.40. The van der Waals surface area contributed by atoms with Gasteiger partial charge in [0.2, 0.25) is 0 Å². The van der Waals surface area contributed by atoms with Gasteiger partial charge in [-0.15, -0.1) is 0 Å². The summed E-state index contributed by atoms with van der Waals surface area (Å²) in [6.45, 7) is 4.01. The largest absolute Gasteiger partial charge is 0.481 e. The quantitative estimate of drug-likeness (QED) is 0.848. The molecule has 17 heavy (non-hydrogen) atoms. The Hall–Kier alpha value is -1.16. The van der Waals surface area contributed by atoms with Crippen LogP contribution in [0.25, 0.3) is 0 Å². The SMILES string of the molecule is Cc1ccc(C)c(CS(=O)CCCC(=O)O)c1. The van der Waals surface area contributed by atoms with Gasteiger partial charge in [0, 0.05) is 28.7 Å². The Morgan fingerprint density at radius 3 is 2.71 bits per heavy atom. The standard InChI is InChI=1S/C13H18O3S/c1-10-5-6-11(2)12(8-10)9-17(16)7-3-4-13(14)15/h5-6,8H,3-4,7,9H2,1-2H3,(H,14,15). The van der Waals surface area contributed by atoms with Gasteiger partial charge in [-0.2, -0.15) is 0 Å². The van der Waals surface area contributed by atoms with Crippen molar-refractivity contribution in [2.75, 3.05) is 5.75 Å². The lowest BCUT2D eigenvalue weighted by atomic mass is 10.1. The molecule has 4 heteroatoms. The van der Waals surface area contributed by atoms with Gasteiger partial charge in [0.15, 0.2) is 0 Å². The molecule has 1 aromatic carbocycles. The van der Waals surface area contributed by atoms with Gasteiger partial charge >= 0.3 is 5.97 Å². The molecule has 1 N–H and O–H groups in total. The van der Waals surface area contributed by atoms with Crippen LogP contribution < -0.4 is 0 Å². The number of carboxylic acids is 1. The minimum absolute atomic E-state index is 0.0958. The van der Waals surface area contributed by atoms with E-state index in [1.165, 1.54) is 0 Å². The molecular formula is C13H18O3S. The first-order valence-corrected chi connectivity index (χ1v) is 7.10. The molecule has 1 unspecified atom stereocenters. The molecule has 0 aliphatic heterocycles. The number of benzene rings is 1. The molecule has 3 nitrogen and oxygen atoms in total. The summed E-state index contributed by atoms with van der Waals surface area (Å²) >= 11 is 0. The van der Waals surface area contributed by atoms with Crippen molar-refractivity contribution in [1.82, 2.24) is 0 Å². The normalized spacial score (nSPS) is 12.4. The van der Waals surface area contributed by atoms with Gasteiger partial charge in [-0.05, 0) is 31.4 Å². The number of aryl methyl sites for hydroxylation is 2. The third kappa shape index (κ3) is 5.13. The molecule has 0 saturated carbocycles. The first kappa shape index (κ1) is 13.9. The van der Waals surface area contributed by atoms with Crippen molar-refractivity contribution >= 4 is 16.8 Å². The van der Waals surface area contributed by atoms with Crippen LogP contribution in [-0.2, 0) is 21.3 Å². The van der Waals surface area contributed by atoms with Crippen LogP contribution in [0.3, 0.4) is 0 Å². The smallest absolute Gasteiger partial charge is 0.303 e. The molecule has 0 aromatic heterocycles. The molecule has 0 saturated heterocycles. The van der Waals surface area contributed by atoms with E-state index in [-0.39, 0.29) is 6.42 Å². The summed E-state index contributed by atoms with van der Waals surface area (Å²) in [6.07, 6.45) is 0.575. The second-order valence-electron chi connectivity index (χ2n) is 4.22. The fourth-order valence-electron chi connectivity index (χ4n) is 1.59. The summed E-state index contributed by atoms with van der Waals surface area (Å²) in [7, 11) is -0.969. The van der Waals surface area contributed by atoms with Crippen LogP contribution in [0.2, 0.25) is 0 Å². The minimum Gasteiger partial charge on any atom is -0.481 e. The van der Waals surface area contributed by atoms with Crippen LogP contribution in [0.1, 0.15) is 29.5 Å². The zero-order chi connectivity index (χ0) is 12.8. The van der Waals surface area contributed by atoms with Crippen LogP contribution in [0.5, 0.6) is 0 Å². The van der Waals surface area contributed by atoms with E-state index >= 15 is 0 Å². The monoisotopic (exact) mass is 254 g/mol. The Morgan fingerprint density at radius 2 is 2.06 bits per heavy atom. The van der Waals surface area contributed by atoms with Gasteiger partial charge in [-0.1, -0.05) is 23.8 Å². The number of rotatable bonds is 6. The summed E-state index contributed by atoms with van der Waals surface area (Å²) in [5, 5.41) is 8.50. The first-order chi connectivity index (χ1) is 7.99. The van der Waals surface area contributed by atoms with Crippen molar-refractivity contribution in [2.24, 2.45) is 0 Å².